The molecule has 0 aliphatic carbocycles. The predicted molar refractivity (Wildman–Crippen MR) is 86.9 cm³/mol. The second-order valence-corrected chi connectivity index (χ2v) is 5.84. The number of nitrogens with zero attached hydrogens (tertiary/aromatic N) is 1. The van der Waals surface area contributed by atoms with E-state index in [9.17, 15) is 4.39 Å². The van der Waals surface area contributed by atoms with Crippen molar-refractivity contribution in [2.45, 2.75) is 13.5 Å². The third kappa shape index (κ3) is 3.51. The molecule has 4 heteroatoms. The van der Waals surface area contributed by atoms with Crippen molar-refractivity contribution in [3.8, 4) is 0 Å². The van der Waals surface area contributed by atoms with Gasteiger partial charge in [-0.3, -0.25) is 0 Å². The van der Waals surface area contributed by atoms with Gasteiger partial charge in [0.2, 0.25) is 0 Å². The monoisotopic (exact) mass is 336 g/mol. The molecule has 0 saturated heterocycles. The number of hydrogen-bond acceptors (Lipinski definition) is 2. The summed E-state index contributed by atoms with van der Waals surface area (Å²) in [6.45, 7) is 2.65. The maximum atomic E-state index is 13.2. The molecule has 0 heterocycles. The first kappa shape index (κ1) is 14.9. The zero-order chi connectivity index (χ0) is 14.7. The van der Waals surface area contributed by atoms with E-state index in [0.29, 0.717) is 6.54 Å². The van der Waals surface area contributed by atoms with Crippen molar-refractivity contribution in [1.29, 1.82) is 0 Å². The molecule has 2 aromatic rings. The second kappa shape index (κ2) is 6.27. The lowest BCUT2D eigenvalue weighted by Crippen LogP contribution is -2.09. The van der Waals surface area contributed by atoms with Gasteiger partial charge in [-0.1, -0.05) is 15.9 Å². The molecule has 2 aromatic carbocycles. The number of anilines is 2. The van der Waals surface area contributed by atoms with Gasteiger partial charge in [0.15, 0.2) is 0 Å². The van der Waals surface area contributed by atoms with Crippen LogP contribution >= 0.6 is 15.9 Å². The van der Waals surface area contributed by atoms with E-state index in [-0.39, 0.29) is 5.82 Å². The highest BCUT2D eigenvalue weighted by atomic mass is 79.9. The van der Waals surface area contributed by atoms with Crippen LogP contribution < -0.4 is 10.2 Å². The van der Waals surface area contributed by atoms with Crippen LogP contribution in [0.3, 0.4) is 0 Å². The Bertz CT molecular complexity index is 611. The normalized spacial score (nSPS) is 10.4. The molecular weight excluding hydrogens is 319 g/mol. The Balaban J connectivity index is 2.13. The Morgan fingerprint density at radius 2 is 1.90 bits per heavy atom. The lowest BCUT2D eigenvalue weighted by Gasteiger charge is -2.16. The van der Waals surface area contributed by atoms with Crippen LogP contribution in [0.4, 0.5) is 15.8 Å². The van der Waals surface area contributed by atoms with Gasteiger partial charge in [0, 0.05) is 36.5 Å². The molecule has 0 bridgehead atoms. The van der Waals surface area contributed by atoms with E-state index in [1.165, 1.54) is 17.3 Å². The van der Waals surface area contributed by atoms with Gasteiger partial charge in [-0.05, 0) is 54.4 Å². The van der Waals surface area contributed by atoms with Gasteiger partial charge in [0.1, 0.15) is 5.82 Å². The smallest absolute Gasteiger partial charge is 0.123 e. The molecule has 2 nitrogen and oxygen atoms in total. The molecule has 0 unspecified atom stereocenters. The summed E-state index contributed by atoms with van der Waals surface area (Å²) >= 11 is 3.44. The van der Waals surface area contributed by atoms with Crippen LogP contribution in [0.1, 0.15) is 11.1 Å². The summed E-state index contributed by atoms with van der Waals surface area (Å²) in [6.07, 6.45) is 0. The van der Waals surface area contributed by atoms with E-state index in [4.69, 9.17) is 0 Å². The van der Waals surface area contributed by atoms with Crippen LogP contribution in [-0.4, -0.2) is 14.1 Å². The van der Waals surface area contributed by atoms with Crippen LogP contribution in [0.2, 0.25) is 0 Å². The average molecular weight is 337 g/mol. The SMILES string of the molecule is Cc1cc(N(C)C)ccc1NCc1cc(F)ccc1Br. The van der Waals surface area contributed by atoms with Crippen molar-refractivity contribution in [3.05, 3.63) is 57.8 Å². The van der Waals surface area contributed by atoms with Crippen LogP contribution in [0.15, 0.2) is 40.9 Å². The lowest BCUT2D eigenvalue weighted by atomic mass is 10.1. The number of nitrogens with one attached hydrogen (secondary N) is 1. The molecule has 0 spiro atoms. The molecular formula is C16H18BrFN2. The minimum atomic E-state index is -0.218. The fourth-order valence-corrected chi connectivity index (χ4v) is 2.38. The Hall–Kier alpha value is -1.55. The summed E-state index contributed by atoms with van der Waals surface area (Å²) in [4.78, 5) is 2.07. The van der Waals surface area contributed by atoms with E-state index in [1.807, 2.05) is 14.1 Å². The van der Waals surface area contributed by atoms with Crippen LogP contribution in [0, 0.1) is 12.7 Å². The highest BCUT2D eigenvalue weighted by molar-refractivity contribution is 9.10. The van der Waals surface area contributed by atoms with Crippen molar-refractivity contribution in [3.63, 3.8) is 0 Å². The van der Waals surface area contributed by atoms with Crippen molar-refractivity contribution in [1.82, 2.24) is 0 Å². The van der Waals surface area contributed by atoms with Gasteiger partial charge in [-0.25, -0.2) is 4.39 Å². The number of rotatable bonds is 4. The van der Waals surface area contributed by atoms with Crippen molar-refractivity contribution in [2.24, 2.45) is 0 Å². The van der Waals surface area contributed by atoms with Gasteiger partial charge in [0.05, 0.1) is 0 Å². The molecule has 0 saturated carbocycles. The van der Waals surface area contributed by atoms with Crippen molar-refractivity contribution < 1.29 is 4.39 Å². The number of benzene rings is 2. The summed E-state index contributed by atoms with van der Waals surface area (Å²) < 4.78 is 14.2. The molecule has 0 amide bonds. The topological polar surface area (TPSA) is 15.3 Å². The van der Waals surface area contributed by atoms with Gasteiger partial charge < -0.3 is 10.2 Å². The Labute approximate surface area is 127 Å². The van der Waals surface area contributed by atoms with Crippen molar-refractivity contribution >= 4 is 27.3 Å². The Kier molecular flexibility index (Phi) is 4.65. The first-order chi connectivity index (χ1) is 9.47. The quantitative estimate of drug-likeness (QED) is 0.879. The molecule has 0 aliphatic heterocycles. The van der Waals surface area contributed by atoms with E-state index in [1.54, 1.807) is 12.1 Å². The predicted octanol–water partition coefficient (Wildman–Crippen LogP) is 4.57. The molecule has 2 rings (SSSR count). The molecule has 106 valence electrons. The second-order valence-electron chi connectivity index (χ2n) is 4.98. The first-order valence-electron chi connectivity index (χ1n) is 6.43. The van der Waals surface area contributed by atoms with E-state index < -0.39 is 0 Å². The highest BCUT2D eigenvalue weighted by Crippen LogP contribution is 2.23. The average Bonchev–Trinajstić information content (AvgIpc) is 2.40. The molecule has 1 N–H and O–H groups in total. The maximum absolute atomic E-state index is 13.2. The third-order valence-electron chi connectivity index (χ3n) is 3.20. The Morgan fingerprint density at radius 3 is 2.55 bits per heavy atom. The van der Waals surface area contributed by atoms with Gasteiger partial charge in [-0.15, -0.1) is 0 Å². The highest BCUT2D eigenvalue weighted by Gasteiger charge is 2.04. The zero-order valence-corrected chi connectivity index (χ0v) is 13.5. The van der Waals surface area contributed by atoms with E-state index in [0.717, 1.165) is 15.7 Å². The fraction of sp³-hybridized carbons (Fsp3) is 0.250. The minimum Gasteiger partial charge on any atom is -0.381 e. The molecule has 0 radical (unpaired) electrons. The summed E-state index contributed by atoms with van der Waals surface area (Å²) in [5, 5.41) is 3.35. The molecule has 0 fully saturated rings. The summed E-state index contributed by atoms with van der Waals surface area (Å²) in [5.74, 6) is -0.218. The Morgan fingerprint density at radius 1 is 1.15 bits per heavy atom. The third-order valence-corrected chi connectivity index (χ3v) is 3.98. The summed E-state index contributed by atoms with van der Waals surface area (Å²) in [5.41, 5.74) is 4.30. The fourth-order valence-electron chi connectivity index (χ4n) is 1.99. The standard InChI is InChI=1S/C16H18BrFN2/c1-11-8-14(20(2)3)5-7-16(11)19-10-12-9-13(18)4-6-15(12)17/h4-9,19H,10H2,1-3H3. The number of aryl methyl sites for hydroxylation is 1. The lowest BCUT2D eigenvalue weighted by molar-refractivity contribution is 0.625. The first-order valence-corrected chi connectivity index (χ1v) is 7.22. The summed E-state index contributed by atoms with van der Waals surface area (Å²) in [6, 6.07) is 11.0. The van der Waals surface area contributed by atoms with Crippen LogP contribution in [0.5, 0.6) is 0 Å². The van der Waals surface area contributed by atoms with Gasteiger partial charge in [-0.2, -0.15) is 0 Å². The van der Waals surface area contributed by atoms with Crippen LogP contribution in [-0.2, 0) is 6.54 Å². The molecule has 0 aliphatic rings. The molecule has 0 atom stereocenters. The van der Waals surface area contributed by atoms with Gasteiger partial charge >= 0.3 is 0 Å². The maximum Gasteiger partial charge on any atom is 0.123 e. The summed E-state index contributed by atoms with van der Waals surface area (Å²) in [7, 11) is 4.04. The van der Waals surface area contributed by atoms with E-state index >= 15 is 0 Å². The largest absolute Gasteiger partial charge is 0.381 e. The van der Waals surface area contributed by atoms with Gasteiger partial charge in [0.25, 0.3) is 0 Å². The van der Waals surface area contributed by atoms with Crippen LogP contribution in [0.25, 0.3) is 0 Å². The zero-order valence-electron chi connectivity index (χ0n) is 11.9. The van der Waals surface area contributed by atoms with Crippen molar-refractivity contribution in [2.75, 3.05) is 24.3 Å². The molecule has 0 aromatic heterocycles. The number of hydrogen-bond donors (Lipinski definition) is 1. The minimum absolute atomic E-state index is 0.218. The molecule has 20 heavy (non-hydrogen) atoms. The van der Waals surface area contributed by atoms with E-state index in [2.05, 4.69) is 51.3 Å². The number of halogens is 2.